The molecule has 1 atom stereocenters. The molecule has 1 saturated heterocycles. The molecule has 2 heterocycles. The smallest absolute Gasteiger partial charge is 0.226 e. The maximum Gasteiger partial charge on any atom is 0.226 e. The number of hydrogen-bond acceptors (Lipinski definition) is 5. The fraction of sp³-hybridized carbons (Fsp3) is 0.412. The first-order valence-corrected chi connectivity index (χ1v) is 10.1. The summed E-state index contributed by atoms with van der Waals surface area (Å²) in [5.74, 6) is 0.847. The third kappa shape index (κ3) is 5.48. The summed E-state index contributed by atoms with van der Waals surface area (Å²) in [6, 6.07) is 7.82. The van der Waals surface area contributed by atoms with Crippen LogP contribution in [0.3, 0.4) is 0 Å². The van der Waals surface area contributed by atoms with Gasteiger partial charge in [0.15, 0.2) is 0 Å². The third-order valence-electron chi connectivity index (χ3n) is 3.70. The zero-order valence-electron chi connectivity index (χ0n) is 13.2. The Labute approximate surface area is 155 Å². The van der Waals surface area contributed by atoms with E-state index < -0.39 is 0 Å². The Morgan fingerprint density at radius 1 is 1.42 bits per heavy atom. The van der Waals surface area contributed by atoms with E-state index in [0.29, 0.717) is 13.0 Å². The number of rotatable bonds is 7. The van der Waals surface area contributed by atoms with Gasteiger partial charge in [0, 0.05) is 29.3 Å². The number of thiazole rings is 1. The molecule has 1 aliphatic rings. The minimum Gasteiger partial charge on any atom is -0.376 e. The largest absolute Gasteiger partial charge is 0.376 e. The van der Waals surface area contributed by atoms with Crippen LogP contribution < -0.4 is 5.32 Å². The predicted octanol–water partition coefficient (Wildman–Crippen LogP) is 3.93. The monoisotopic (exact) mass is 382 g/mol. The van der Waals surface area contributed by atoms with Crippen molar-refractivity contribution in [2.24, 2.45) is 0 Å². The Hall–Kier alpha value is -1.08. The number of carbonyl (C=O) groups is 1. The van der Waals surface area contributed by atoms with Gasteiger partial charge in [-0.2, -0.15) is 0 Å². The molecular weight excluding hydrogens is 364 g/mol. The Morgan fingerprint density at radius 3 is 3.00 bits per heavy atom. The number of amides is 1. The maximum absolute atomic E-state index is 12.0. The molecule has 1 fully saturated rings. The first-order valence-electron chi connectivity index (χ1n) is 7.89. The summed E-state index contributed by atoms with van der Waals surface area (Å²) in [4.78, 5) is 16.5. The molecule has 0 radical (unpaired) electrons. The summed E-state index contributed by atoms with van der Waals surface area (Å²) in [6.07, 6.45) is 2.61. The summed E-state index contributed by atoms with van der Waals surface area (Å²) in [6.45, 7) is 1.40. The number of hydrogen-bond donors (Lipinski definition) is 1. The molecule has 0 spiro atoms. The lowest BCUT2D eigenvalue weighted by Crippen LogP contribution is -2.32. The molecule has 24 heavy (non-hydrogen) atoms. The van der Waals surface area contributed by atoms with Crippen LogP contribution in [0.25, 0.3) is 0 Å². The highest BCUT2D eigenvalue weighted by Gasteiger charge is 2.16. The molecule has 1 aromatic carbocycles. The van der Waals surface area contributed by atoms with Gasteiger partial charge in [0.05, 0.1) is 18.2 Å². The van der Waals surface area contributed by atoms with Crippen LogP contribution in [0.2, 0.25) is 5.02 Å². The van der Waals surface area contributed by atoms with E-state index >= 15 is 0 Å². The molecule has 2 aromatic rings. The van der Waals surface area contributed by atoms with E-state index in [2.05, 4.69) is 10.3 Å². The van der Waals surface area contributed by atoms with Gasteiger partial charge < -0.3 is 10.1 Å². The molecule has 3 rings (SSSR count). The van der Waals surface area contributed by atoms with Crippen molar-refractivity contribution < 1.29 is 9.53 Å². The van der Waals surface area contributed by atoms with Crippen LogP contribution >= 0.6 is 34.7 Å². The Morgan fingerprint density at radius 2 is 2.25 bits per heavy atom. The summed E-state index contributed by atoms with van der Waals surface area (Å²) in [7, 11) is 0. The second-order valence-corrected chi connectivity index (χ2v) is 8.15. The summed E-state index contributed by atoms with van der Waals surface area (Å²) < 4.78 is 6.48. The van der Waals surface area contributed by atoms with Gasteiger partial charge in [-0.05, 0) is 30.5 Å². The molecule has 0 aliphatic carbocycles. The lowest BCUT2D eigenvalue weighted by atomic mass is 10.2. The van der Waals surface area contributed by atoms with Gasteiger partial charge in [0.2, 0.25) is 5.91 Å². The molecule has 1 aromatic heterocycles. The Bertz CT molecular complexity index is 669. The quantitative estimate of drug-likeness (QED) is 0.737. The molecule has 0 bridgehead atoms. The fourth-order valence-electron chi connectivity index (χ4n) is 2.42. The fourth-order valence-corrected chi connectivity index (χ4v) is 4.35. The van der Waals surface area contributed by atoms with Crippen molar-refractivity contribution in [1.82, 2.24) is 10.3 Å². The average Bonchev–Trinajstić information content (AvgIpc) is 3.24. The van der Waals surface area contributed by atoms with E-state index in [1.807, 2.05) is 29.6 Å². The molecule has 1 aliphatic heterocycles. The van der Waals surface area contributed by atoms with Gasteiger partial charge in [-0.15, -0.1) is 11.3 Å². The van der Waals surface area contributed by atoms with Gasteiger partial charge in [-0.1, -0.05) is 35.5 Å². The van der Waals surface area contributed by atoms with E-state index in [0.717, 1.165) is 40.3 Å². The lowest BCUT2D eigenvalue weighted by Gasteiger charge is -2.09. The van der Waals surface area contributed by atoms with Crippen molar-refractivity contribution in [2.75, 3.05) is 13.2 Å². The summed E-state index contributed by atoms with van der Waals surface area (Å²) in [5.41, 5.74) is 2.03. The number of ether oxygens (including phenoxy) is 1. The lowest BCUT2D eigenvalue weighted by molar-refractivity contribution is -0.121. The van der Waals surface area contributed by atoms with E-state index in [4.69, 9.17) is 16.3 Å². The van der Waals surface area contributed by atoms with Crippen molar-refractivity contribution in [1.29, 1.82) is 0 Å². The van der Waals surface area contributed by atoms with E-state index in [1.54, 1.807) is 23.1 Å². The number of halogens is 1. The van der Waals surface area contributed by atoms with Crippen molar-refractivity contribution in [3.8, 4) is 0 Å². The number of nitrogens with zero attached hydrogens (tertiary/aromatic N) is 1. The molecule has 1 N–H and O–H groups in total. The number of aromatic nitrogens is 1. The highest BCUT2D eigenvalue weighted by Crippen LogP contribution is 2.26. The highest BCUT2D eigenvalue weighted by molar-refractivity contribution is 8.00. The second-order valence-electron chi connectivity index (χ2n) is 5.64. The predicted molar refractivity (Wildman–Crippen MR) is 98.8 cm³/mol. The minimum absolute atomic E-state index is 0.00468. The number of thioether (sulfide) groups is 1. The standard InChI is InChI=1S/C17H19ClN2O2S2/c18-13-5-3-12(4-6-13)10-23-17-20-14(11-24-17)8-16(21)19-9-15-2-1-7-22-15/h3-6,11,15H,1-2,7-10H2,(H,19,21). The van der Waals surface area contributed by atoms with E-state index in [9.17, 15) is 4.79 Å². The Balaban J connectivity index is 1.42. The minimum atomic E-state index is 0.00468. The third-order valence-corrected chi connectivity index (χ3v) is 6.09. The highest BCUT2D eigenvalue weighted by atomic mass is 35.5. The molecule has 128 valence electrons. The van der Waals surface area contributed by atoms with Crippen LogP contribution in [0, 0.1) is 0 Å². The topological polar surface area (TPSA) is 51.2 Å². The van der Waals surface area contributed by atoms with Gasteiger partial charge in [-0.3, -0.25) is 4.79 Å². The van der Waals surface area contributed by atoms with Crippen LogP contribution in [-0.2, 0) is 21.7 Å². The van der Waals surface area contributed by atoms with Gasteiger partial charge in [-0.25, -0.2) is 4.98 Å². The molecular formula is C17H19ClN2O2S2. The van der Waals surface area contributed by atoms with Crippen LogP contribution in [-0.4, -0.2) is 30.1 Å². The van der Waals surface area contributed by atoms with E-state index in [-0.39, 0.29) is 12.0 Å². The van der Waals surface area contributed by atoms with Crippen molar-refractivity contribution >= 4 is 40.6 Å². The van der Waals surface area contributed by atoms with Crippen molar-refractivity contribution in [3.63, 3.8) is 0 Å². The zero-order chi connectivity index (χ0) is 16.8. The summed E-state index contributed by atoms with van der Waals surface area (Å²) in [5, 5.41) is 5.63. The van der Waals surface area contributed by atoms with Gasteiger partial charge >= 0.3 is 0 Å². The first kappa shape index (κ1) is 17.7. The van der Waals surface area contributed by atoms with Crippen molar-refractivity contribution in [2.45, 2.75) is 35.5 Å². The SMILES string of the molecule is O=C(Cc1csc(SCc2ccc(Cl)cc2)n1)NCC1CCCO1. The van der Waals surface area contributed by atoms with Crippen molar-refractivity contribution in [3.05, 3.63) is 45.9 Å². The van der Waals surface area contributed by atoms with E-state index in [1.165, 1.54) is 5.56 Å². The molecule has 4 nitrogen and oxygen atoms in total. The average molecular weight is 383 g/mol. The van der Waals surface area contributed by atoms with Gasteiger partial charge in [0.25, 0.3) is 0 Å². The molecule has 7 heteroatoms. The van der Waals surface area contributed by atoms with Gasteiger partial charge in [0.1, 0.15) is 4.34 Å². The molecule has 1 unspecified atom stereocenters. The number of nitrogens with one attached hydrogen (secondary N) is 1. The van der Waals surface area contributed by atoms with Crippen LogP contribution in [0.1, 0.15) is 24.1 Å². The summed E-state index contributed by atoms with van der Waals surface area (Å²) >= 11 is 9.14. The van der Waals surface area contributed by atoms with Crippen LogP contribution in [0.4, 0.5) is 0 Å². The maximum atomic E-state index is 12.0. The normalized spacial score (nSPS) is 17.1. The zero-order valence-corrected chi connectivity index (χ0v) is 15.6. The number of benzene rings is 1. The van der Waals surface area contributed by atoms with Crippen LogP contribution in [0.5, 0.6) is 0 Å². The second kappa shape index (κ2) is 8.85. The number of carbonyl (C=O) groups excluding carboxylic acids is 1. The first-order chi connectivity index (χ1) is 11.7. The Kier molecular flexibility index (Phi) is 6.54. The molecule has 1 amide bonds. The molecule has 0 saturated carbocycles. The van der Waals surface area contributed by atoms with Crippen LogP contribution in [0.15, 0.2) is 34.0 Å².